The topological polar surface area (TPSA) is 89.8 Å². The number of carbonyl (C=O) groups is 1. The van der Waals surface area contributed by atoms with Gasteiger partial charge in [0.15, 0.2) is 0 Å². The van der Waals surface area contributed by atoms with E-state index < -0.39 is 18.4 Å². The van der Waals surface area contributed by atoms with Crippen LogP contribution in [0.25, 0.3) is 0 Å². The average Bonchev–Trinajstić information content (AvgIpc) is 1.59. The molecule has 0 amide bonds. The maximum absolute atomic E-state index is 9.76. The SMILES string of the molecule is CC(O)(O)NCC(=O)O.[Na+]. The van der Waals surface area contributed by atoms with Gasteiger partial charge < -0.3 is 15.3 Å². The molecule has 0 rings (SSSR count). The summed E-state index contributed by atoms with van der Waals surface area (Å²) in [6.45, 7) is 0.569. The van der Waals surface area contributed by atoms with Crippen LogP contribution in [0.5, 0.6) is 0 Å². The van der Waals surface area contributed by atoms with E-state index in [1.165, 1.54) is 0 Å². The van der Waals surface area contributed by atoms with Crippen molar-refractivity contribution in [2.45, 2.75) is 12.8 Å². The van der Waals surface area contributed by atoms with Crippen molar-refractivity contribution in [3.63, 3.8) is 0 Å². The van der Waals surface area contributed by atoms with E-state index in [-0.39, 0.29) is 29.6 Å². The van der Waals surface area contributed by atoms with E-state index in [2.05, 4.69) is 0 Å². The van der Waals surface area contributed by atoms with Crippen molar-refractivity contribution in [1.29, 1.82) is 0 Å². The van der Waals surface area contributed by atoms with Crippen LogP contribution in [-0.4, -0.2) is 33.7 Å². The van der Waals surface area contributed by atoms with Crippen LogP contribution in [0.3, 0.4) is 0 Å². The van der Waals surface area contributed by atoms with Crippen molar-refractivity contribution in [1.82, 2.24) is 5.32 Å². The van der Waals surface area contributed by atoms with E-state index >= 15 is 0 Å². The van der Waals surface area contributed by atoms with Gasteiger partial charge >= 0.3 is 35.5 Å². The summed E-state index contributed by atoms with van der Waals surface area (Å²) in [5.41, 5.74) is 0. The molecule has 0 aliphatic carbocycles. The number of rotatable bonds is 3. The van der Waals surface area contributed by atoms with Gasteiger partial charge in [-0.25, -0.2) is 0 Å². The van der Waals surface area contributed by atoms with Crippen LogP contribution in [-0.2, 0) is 4.79 Å². The molecule has 0 unspecified atom stereocenters. The van der Waals surface area contributed by atoms with Crippen molar-refractivity contribution < 1.29 is 49.7 Å². The molecular weight excluding hydrogens is 149 g/mol. The Balaban J connectivity index is 0. The second-order valence-electron chi connectivity index (χ2n) is 1.77. The molecule has 54 valence electrons. The Kier molecular flexibility index (Phi) is 6.57. The van der Waals surface area contributed by atoms with Crippen LogP contribution in [0.1, 0.15) is 6.92 Å². The van der Waals surface area contributed by atoms with Crippen LogP contribution >= 0.6 is 0 Å². The summed E-state index contributed by atoms with van der Waals surface area (Å²) in [4.78, 5) is 9.76. The third-order valence-corrected chi connectivity index (χ3v) is 0.575. The van der Waals surface area contributed by atoms with Crippen molar-refractivity contribution in [3.05, 3.63) is 0 Å². The Morgan fingerprint density at radius 3 is 2.10 bits per heavy atom. The molecule has 0 aromatic heterocycles. The van der Waals surface area contributed by atoms with Gasteiger partial charge in [0.25, 0.3) is 0 Å². The van der Waals surface area contributed by atoms with Gasteiger partial charge in [-0.2, -0.15) is 0 Å². The normalized spacial score (nSPS) is 10.3. The molecule has 6 heteroatoms. The maximum Gasteiger partial charge on any atom is 1.00 e. The first-order valence-electron chi connectivity index (χ1n) is 2.33. The number of carboxylic acids is 1. The first-order chi connectivity index (χ1) is 3.92. The van der Waals surface area contributed by atoms with E-state index in [9.17, 15) is 4.79 Å². The largest absolute Gasteiger partial charge is 1.00 e. The van der Waals surface area contributed by atoms with Crippen LogP contribution in [0.4, 0.5) is 0 Å². The van der Waals surface area contributed by atoms with Crippen LogP contribution in [0, 0.1) is 0 Å². The van der Waals surface area contributed by atoms with E-state index in [1.807, 2.05) is 5.32 Å². The first kappa shape index (κ1) is 13.0. The number of hydrogen-bond donors (Lipinski definition) is 4. The predicted molar refractivity (Wildman–Crippen MR) is 28.5 cm³/mol. The maximum atomic E-state index is 9.76. The molecule has 0 aliphatic rings. The second-order valence-corrected chi connectivity index (χ2v) is 1.77. The molecule has 0 aromatic carbocycles. The molecule has 0 saturated carbocycles. The average molecular weight is 158 g/mol. The van der Waals surface area contributed by atoms with Crippen molar-refractivity contribution in [3.8, 4) is 0 Å². The monoisotopic (exact) mass is 158 g/mol. The number of aliphatic hydroxyl groups is 2. The summed E-state index contributed by atoms with van der Waals surface area (Å²) in [5.74, 6) is -3.23. The fourth-order valence-electron chi connectivity index (χ4n) is 0.243. The van der Waals surface area contributed by atoms with Gasteiger partial charge in [0.1, 0.15) is 0 Å². The van der Waals surface area contributed by atoms with E-state index in [1.54, 1.807) is 0 Å². The second kappa shape index (κ2) is 5.06. The van der Waals surface area contributed by atoms with E-state index in [0.29, 0.717) is 0 Å². The van der Waals surface area contributed by atoms with E-state index in [0.717, 1.165) is 6.92 Å². The van der Waals surface area contributed by atoms with Crippen LogP contribution in [0.15, 0.2) is 0 Å². The molecule has 0 aromatic rings. The van der Waals surface area contributed by atoms with Gasteiger partial charge in [-0.1, -0.05) is 0 Å². The summed E-state index contributed by atoms with van der Waals surface area (Å²) in [5, 5.41) is 26.8. The van der Waals surface area contributed by atoms with Gasteiger partial charge in [0.2, 0.25) is 5.91 Å². The van der Waals surface area contributed by atoms with Crippen LogP contribution in [0.2, 0.25) is 0 Å². The molecule has 0 aliphatic heterocycles. The molecule has 4 N–H and O–H groups in total. The van der Waals surface area contributed by atoms with Gasteiger partial charge in [-0.15, -0.1) is 0 Å². The smallest absolute Gasteiger partial charge is 0.480 e. The fourth-order valence-corrected chi connectivity index (χ4v) is 0.243. The Morgan fingerprint density at radius 1 is 1.60 bits per heavy atom. The number of aliphatic carboxylic acids is 1. The summed E-state index contributed by atoms with van der Waals surface area (Å²) in [6, 6.07) is 0. The predicted octanol–water partition coefficient (Wildman–Crippen LogP) is -4.68. The van der Waals surface area contributed by atoms with Crippen molar-refractivity contribution >= 4 is 5.97 Å². The van der Waals surface area contributed by atoms with Gasteiger partial charge in [-0.05, 0) is 0 Å². The van der Waals surface area contributed by atoms with Crippen LogP contribution < -0.4 is 34.9 Å². The molecule has 0 radical (unpaired) electrons. The zero-order chi connectivity index (χ0) is 7.49. The summed E-state index contributed by atoms with van der Waals surface area (Å²) < 4.78 is 0. The van der Waals surface area contributed by atoms with Crippen molar-refractivity contribution in [2.75, 3.05) is 6.54 Å². The number of carboxylic acid groups (broad SMARTS) is 1. The summed E-state index contributed by atoms with van der Waals surface area (Å²) in [6.07, 6.45) is 0. The molecule has 0 saturated heterocycles. The van der Waals surface area contributed by atoms with Crippen molar-refractivity contribution in [2.24, 2.45) is 0 Å². The van der Waals surface area contributed by atoms with Gasteiger partial charge in [-0.3, -0.25) is 10.1 Å². The van der Waals surface area contributed by atoms with Gasteiger partial charge in [0.05, 0.1) is 6.54 Å². The molecular formula is C4H9NNaO4+. The minimum Gasteiger partial charge on any atom is -0.480 e. The molecule has 10 heavy (non-hydrogen) atoms. The molecule has 0 atom stereocenters. The number of nitrogens with one attached hydrogen (secondary N) is 1. The Labute approximate surface area is 80.3 Å². The number of hydrogen-bond acceptors (Lipinski definition) is 4. The quantitative estimate of drug-likeness (QED) is 0.245. The standard InChI is InChI=1S/C4H9NO4.Na/c1-4(8,9)5-2-3(6)7;/h5,8-9H,2H2,1H3,(H,6,7);/q;+1. The zero-order valence-electron chi connectivity index (χ0n) is 5.96. The third kappa shape index (κ3) is 11.2. The summed E-state index contributed by atoms with van der Waals surface area (Å²) >= 11 is 0. The Bertz CT molecular complexity index is 110. The Hall–Kier alpha value is 0.350. The Morgan fingerprint density at radius 2 is 2.00 bits per heavy atom. The molecule has 5 nitrogen and oxygen atoms in total. The van der Waals surface area contributed by atoms with E-state index in [4.69, 9.17) is 15.3 Å². The minimum absolute atomic E-state index is 0. The third-order valence-electron chi connectivity index (χ3n) is 0.575. The minimum atomic E-state index is -2.10. The fraction of sp³-hybridized carbons (Fsp3) is 0.750. The first-order valence-corrected chi connectivity index (χ1v) is 2.33. The molecule has 0 fully saturated rings. The molecule has 0 spiro atoms. The zero-order valence-corrected chi connectivity index (χ0v) is 7.96. The molecule has 0 heterocycles. The molecule has 0 bridgehead atoms. The van der Waals surface area contributed by atoms with Gasteiger partial charge in [0, 0.05) is 6.92 Å². The summed E-state index contributed by atoms with van der Waals surface area (Å²) in [7, 11) is 0.